The molecule has 7 heteroatoms. The van der Waals surface area contributed by atoms with E-state index in [4.69, 9.17) is 10.2 Å². The van der Waals surface area contributed by atoms with E-state index in [0.717, 1.165) is 0 Å². The average Bonchev–Trinajstić information content (AvgIpc) is 2.59. The molecule has 0 aromatic carbocycles. The summed E-state index contributed by atoms with van der Waals surface area (Å²) in [5.41, 5.74) is 5.50. The van der Waals surface area contributed by atoms with Crippen molar-refractivity contribution in [3.8, 4) is 0 Å². The molecule has 0 aliphatic carbocycles. The van der Waals surface area contributed by atoms with Crippen LogP contribution in [0.1, 0.15) is 24.6 Å². The molecule has 0 aliphatic heterocycles. The second-order valence-electron chi connectivity index (χ2n) is 3.37. The van der Waals surface area contributed by atoms with E-state index in [1.807, 2.05) is 0 Å². The fourth-order valence-corrected chi connectivity index (χ4v) is 1.01. The van der Waals surface area contributed by atoms with Crippen LogP contribution in [-0.2, 0) is 11.2 Å². The number of halogens is 3. The molecule has 92 valence electrons. The Kier molecular flexibility index (Phi) is 4.31. The van der Waals surface area contributed by atoms with Gasteiger partial charge in [-0.2, -0.15) is 13.2 Å². The van der Waals surface area contributed by atoms with Crippen molar-refractivity contribution in [3.63, 3.8) is 0 Å². The molecule has 1 rings (SSSR count). The number of nitrogens with two attached hydrogens (primary N) is 1. The Morgan fingerprint density at radius 3 is 2.75 bits per heavy atom. The van der Waals surface area contributed by atoms with Crippen molar-refractivity contribution in [1.82, 2.24) is 4.98 Å². The first-order valence-electron chi connectivity index (χ1n) is 4.73. The summed E-state index contributed by atoms with van der Waals surface area (Å²) in [5, 5.41) is 0. The first-order valence-corrected chi connectivity index (χ1v) is 4.73. The van der Waals surface area contributed by atoms with Gasteiger partial charge in [0.1, 0.15) is 12.4 Å². The largest absolute Gasteiger partial charge is 0.444 e. The fourth-order valence-electron chi connectivity index (χ4n) is 1.01. The summed E-state index contributed by atoms with van der Waals surface area (Å²) in [6.07, 6.45) is -2.61. The first-order chi connectivity index (χ1) is 7.38. The smallest absolute Gasteiger partial charge is 0.411 e. The predicted octanol–water partition coefficient (Wildman–Crippen LogP) is 1.82. The van der Waals surface area contributed by atoms with Crippen LogP contribution in [0.25, 0.3) is 0 Å². The molecule has 0 spiro atoms. The molecular formula is C9H13F3N2O2. The highest BCUT2D eigenvalue weighted by atomic mass is 19.4. The van der Waals surface area contributed by atoms with E-state index in [1.165, 1.54) is 6.20 Å². The zero-order valence-electron chi connectivity index (χ0n) is 8.75. The van der Waals surface area contributed by atoms with Crippen LogP contribution in [0.15, 0.2) is 10.6 Å². The van der Waals surface area contributed by atoms with Crippen LogP contribution in [-0.4, -0.2) is 24.4 Å². The molecular weight excluding hydrogens is 225 g/mol. The zero-order valence-corrected chi connectivity index (χ0v) is 8.75. The van der Waals surface area contributed by atoms with E-state index in [9.17, 15) is 13.2 Å². The monoisotopic (exact) mass is 238 g/mol. The zero-order chi connectivity index (χ0) is 12.2. The topological polar surface area (TPSA) is 61.3 Å². The van der Waals surface area contributed by atoms with Gasteiger partial charge in [0.05, 0.1) is 18.8 Å². The molecule has 0 aliphatic rings. The number of hydrogen-bond donors (Lipinski definition) is 1. The SMILES string of the molecule is CC(N)c1ncc(CCOCC(F)(F)F)o1. The van der Waals surface area contributed by atoms with Crippen LogP contribution in [0.3, 0.4) is 0 Å². The van der Waals surface area contributed by atoms with Crippen molar-refractivity contribution in [2.24, 2.45) is 5.73 Å². The van der Waals surface area contributed by atoms with Crippen LogP contribution < -0.4 is 5.73 Å². The van der Waals surface area contributed by atoms with E-state index in [0.29, 0.717) is 11.7 Å². The summed E-state index contributed by atoms with van der Waals surface area (Å²) in [6, 6.07) is -0.329. The van der Waals surface area contributed by atoms with Crippen molar-refractivity contribution >= 4 is 0 Å². The molecule has 1 heterocycles. The molecule has 0 radical (unpaired) electrons. The lowest BCUT2D eigenvalue weighted by molar-refractivity contribution is -0.173. The summed E-state index contributed by atoms with van der Waals surface area (Å²) >= 11 is 0. The number of oxazole rings is 1. The van der Waals surface area contributed by atoms with E-state index in [1.54, 1.807) is 6.92 Å². The van der Waals surface area contributed by atoms with Crippen molar-refractivity contribution in [1.29, 1.82) is 0 Å². The van der Waals surface area contributed by atoms with Gasteiger partial charge in [0.2, 0.25) is 5.89 Å². The van der Waals surface area contributed by atoms with Gasteiger partial charge in [-0.25, -0.2) is 4.98 Å². The van der Waals surface area contributed by atoms with E-state index in [2.05, 4.69) is 9.72 Å². The Morgan fingerprint density at radius 1 is 1.56 bits per heavy atom. The summed E-state index contributed by atoms with van der Waals surface area (Å²) in [7, 11) is 0. The minimum absolute atomic E-state index is 0.0624. The minimum Gasteiger partial charge on any atom is -0.444 e. The summed E-state index contributed by atoms with van der Waals surface area (Å²) in [4.78, 5) is 3.87. The molecule has 0 amide bonds. The average molecular weight is 238 g/mol. The number of hydrogen-bond acceptors (Lipinski definition) is 4. The first kappa shape index (κ1) is 13.0. The van der Waals surface area contributed by atoms with Gasteiger partial charge in [0, 0.05) is 6.42 Å². The molecule has 1 unspecified atom stereocenters. The Bertz CT molecular complexity index is 323. The van der Waals surface area contributed by atoms with Crippen molar-refractivity contribution in [2.75, 3.05) is 13.2 Å². The molecule has 16 heavy (non-hydrogen) atoms. The maximum absolute atomic E-state index is 11.7. The van der Waals surface area contributed by atoms with Gasteiger partial charge >= 0.3 is 6.18 Å². The number of ether oxygens (including phenoxy) is 1. The highest BCUT2D eigenvalue weighted by Gasteiger charge is 2.27. The second-order valence-corrected chi connectivity index (χ2v) is 3.37. The molecule has 1 aromatic heterocycles. The Balaban J connectivity index is 2.27. The molecule has 0 saturated carbocycles. The van der Waals surface area contributed by atoms with Gasteiger partial charge in [-0.1, -0.05) is 0 Å². The fraction of sp³-hybridized carbons (Fsp3) is 0.667. The third-order valence-corrected chi connectivity index (χ3v) is 1.72. The Hall–Kier alpha value is -1.08. The molecule has 1 atom stereocenters. The molecule has 4 nitrogen and oxygen atoms in total. The van der Waals surface area contributed by atoms with Crippen LogP contribution in [0.4, 0.5) is 13.2 Å². The Morgan fingerprint density at radius 2 is 2.25 bits per heavy atom. The highest BCUT2D eigenvalue weighted by Crippen LogP contribution is 2.15. The summed E-state index contributed by atoms with van der Waals surface area (Å²) in [5.74, 6) is 0.834. The van der Waals surface area contributed by atoms with Crippen LogP contribution >= 0.6 is 0 Å². The molecule has 0 fully saturated rings. The number of nitrogens with zero attached hydrogens (tertiary/aromatic N) is 1. The lowest BCUT2D eigenvalue weighted by Crippen LogP contribution is -2.17. The number of alkyl halides is 3. The van der Waals surface area contributed by atoms with Crippen molar-refractivity contribution in [2.45, 2.75) is 25.6 Å². The summed E-state index contributed by atoms with van der Waals surface area (Å²) in [6.45, 7) is 0.393. The lowest BCUT2D eigenvalue weighted by Gasteiger charge is -2.06. The standard InChI is InChI=1S/C9H13F3N2O2/c1-6(13)8-14-4-7(16-8)2-3-15-5-9(10,11)12/h4,6H,2-3,5,13H2,1H3. The van der Waals surface area contributed by atoms with Crippen molar-refractivity contribution < 1.29 is 22.3 Å². The van der Waals surface area contributed by atoms with Crippen molar-refractivity contribution in [3.05, 3.63) is 17.8 Å². The normalized spacial score (nSPS) is 14.1. The van der Waals surface area contributed by atoms with Gasteiger partial charge in [-0.05, 0) is 6.92 Å². The van der Waals surface area contributed by atoms with E-state index >= 15 is 0 Å². The van der Waals surface area contributed by atoms with Crippen LogP contribution in [0.2, 0.25) is 0 Å². The Labute approximate surface area is 90.6 Å². The maximum atomic E-state index is 11.7. The highest BCUT2D eigenvalue weighted by molar-refractivity contribution is 4.96. The molecule has 1 aromatic rings. The minimum atomic E-state index is -4.29. The lowest BCUT2D eigenvalue weighted by atomic mass is 10.4. The molecule has 0 saturated heterocycles. The van der Waals surface area contributed by atoms with Crippen LogP contribution in [0.5, 0.6) is 0 Å². The van der Waals surface area contributed by atoms with E-state index in [-0.39, 0.29) is 19.1 Å². The van der Waals surface area contributed by atoms with Gasteiger partial charge in [-0.3, -0.25) is 0 Å². The van der Waals surface area contributed by atoms with E-state index < -0.39 is 12.8 Å². The quantitative estimate of drug-likeness (QED) is 0.795. The molecule has 2 N–H and O–H groups in total. The van der Waals surface area contributed by atoms with Gasteiger partial charge in [0.15, 0.2) is 0 Å². The maximum Gasteiger partial charge on any atom is 0.411 e. The predicted molar refractivity (Wildman–Crippen MR) is 49.7 cm³/mol. The molecule has 0 bridgehead atoms. The number of rotatable bonds is 5. The van der Waals surface area contributed by atoms with Crippen LogP contribution in [0, 0.1) is 0 Å². The number of aromatic nitrogens is 1. The summed E-state index contributed by atoms with van der Waals surface area (Å²) < 4.78 is 44.7. The third-order valence-electron chi connectivity index (χ3n) is 1.72. The van der Waals surface area contributed by atoms with Gasteiger partial charge < -0.3 is 14.9 Å². The van der Waals surface area contributed by atoms with Gasteiger partial charge in [0.25, 0.3) is 0 Å². The second kappa shape index (κ2) is 5.31. The third kappa shape index (κ3) is 4.63. The van der Waals surface area contributed by atoms with Gasteiger partial charge in [-0.15, -0.1) is 0 Å².